The van der Waals surface area contributed by atoms with Crippen LogP contribution in [0.15, 0.2) is 16.8 Å². The summed E-state index contributed by atoms with van der Waals surface area (Å²) in [6, 6.07) is 2.06. The third-order valence-electron chi connectivity index (χ3n) is 3.03. The normalized spacial score (nSPS) is 10.7. The molecule has 6 heteroatoms. The number of nitrogens with two attached hydrogens (primary N) is 1. The summed E-state index contributed by atoms with van der Waals surface area (Å²) in [6.07, 6.45) is 2.07. The van der Waals surface area contributed by atoms with Crippen LogP contribution < -0.4 is 5.73 Å². The fraction of sp³-hybridized carbons (Fsp3) is 0.429. The number of amides is 1. The van der Waals surface area contributed by atoms with E-state index >= 15 is 0 Å². The van der Waals surface area contributed by atoms with Crippen molar-refractivity contribution in [2.24, 2.45) is 0 Å². The highest BCUT2D eigenvalue weighted by atomic mass is 32.1. The quantitative estimate of drug-likeness (QED) is 0.888. The Kier molecular flexibility index (Phi) is 5.14. The van der Waals surface area contributed by atoms with Gasteiger partial charge in [0, 0.05) is 13.1 Å². The van der Waals surface area contributed by atoms with E-state index in [0.29, 0.717) is 16.6 Å². The highest BCUT2D eigenvalue weighted by molar-refractivity contribution is 7.17. The number of nitrogens with zero attached hydrogens (tertiary/aromatic N) is 2. The first-order valence-electron chi connectivity index (χ1n) is 6.65. The van der Waals surface area contributed by atoms with E-state index in [2.05, 4.69) is 23.4 Å². The second-order valence-corrected chi connectivity index (χ2v) is 6.49. The molecule has 2 N–H and O–H groups in total. The molecule has 2 aromatic heterocycles. The smallest absolute Gasteiger partial charge is 0.266 e. The van der Waals surface area contributed by atoms with E-state index in [1.54, 1.807) is 11.3 Å². The summed E-state index contributed by atoms with van der Waals surface area (Å²) < 4.78 is 0. The van der Waals surface area contributed by atoms with Crippen molar-refractivity contribution in [3.63, 3.8) is 0 Å². The molecule has 0 aromatic carbocycles. The number of hydrogen-bond acceptors (Lipinski definition) is 5. The maximum absolute atomic E-state index is 12.7. The number of aryl methyl sites for hydroxylation is 1. The summed E-state index contributed by atoms with van der Waals surface area (Å²) in [5.74, 6) is 0.0383. The first kappa shape index (κ1) is 15.0. The summed E-state index contributed by atoms with van der Waals surface area (Å²) in [4.78, 5) is 19.4. The lowest BCUT2D eigenvalue weighted by atomic mass is 10.2. The van der Waals surface area contributed by atoms with E-state index in [0.717, 1.165) is 25.1 Å². The van der Waals surface area contributed by atoms with Crippen molar-refractivity contribution in [2.75, 3.05) is 12.3 Å². The highest BCUT2D eigenvalue weighted by Crippen LogP contribution is 2.23. The fourth-order valence-corrected chi connectivity index (χ4v) is 3.42. The Morgan fingerprint density at radius 3 is 2.85 bits per heavy atom. The minimum absolute atomic E-state index is 0.0383. The molecule has 0 spiro atoms. The van der Waals surface area contributed by atoms with Crippen LogP contribution in [-0.2, 0) is 6.54 Å². The number of hydrogen-bond donors (Lipinski definition) is 1. The number of nitrogen functional groups attached to an aromatic ring is 1. The Bertz CT molecular complexity index is 563. The van der Waals surface area contributed by atoms with E-state index < -0.39 is 0 Å². The van der Waals surface area contributed by atoms with Crippen LogP contribution in [0.4, 0.5) is 5.13 Å². The maximum atomic E-state index is 12.7. The van der Waals surface area contributed by atoms with Gasteiger partial charge in [0.05, 0.1) is 5.69 Å². The van der Waals surface area contributed by atoms with Gasteiger partial charge in [-0.1, -0.05) is 24.7 Å². The molecule has 2 aromatic rings. The average molecular weight is 309 g/mol. The summed E-state index contributed by atoms with van der Waals surface area (Å²) in [7, 11) is 0. The lowest BCUT2D eigenvalue weighted by molar-refractivity contribution is 0.0745. The Morgan fingerprint density at radius 1 is 1.50 bits per heavy atom. The van der Waals surface area contributed by atoms with Gasteiger partial charge in [-0.15, -0.1) is 0 Å². The molecule has 0 aliphatic rings. The largest absolute Gasteiger partial charge is 0.375 e. The van der Waals surface area contributed by atoms with Gasteiger partial charge in [0.2, 0.25) is 0 Å². The Labute approximate surface area is 127 Å². The molecule has 1 amide bonds. The monoisotopic (exact) mass is 309 g/mol. The van der Waals surface area contributed by atoms with E-state index in [1.807, 2.05) is 17.2 Å². The van der Waals surface area contributed by atoms with E-state index in [4.69, 9.17) is 5.73 Å². The minimum atomic E-state index is 0.0383. The van der Waals surface area contributed by atoms with Gasteiger partial charge in [-0.3, -0.25) is 4.79 Å². The van der Waals surface area contributed by atoms with Gasteiger partial charge < -0.3 is 10.6 Å². The topological polar surface area (TPSA) is 59.2 Å². The van der Waals surface area contributed by atoms with Crippen molar-refractivity contribution in [2.45, 2.75) is 33.2 Å². The van der Waals surface area contributed by atoms with Gasteiger partial charge >= 0.3 is 0 Å². The number of aromatic nitrogens is 1. The fourth-order valence-electron chi connectivity index (χ4n) is 1.96. The standard InChI is InChI=1S/C14H19N3OS2/c1-3-4-6-17(8-11-5-7-19-9-11)13(18)12-10(2)16-14(15)20-12/h5,7,9H,3-4,6,8H2,1-2H3,(H2,15,16). The highest BCUT2D eigenvalue weighted by Gasteiger charge is 2.21. The molecule has 0 aliphatic carbocycles. The van der Waals surface area contributed by atoms with E-state index in [-0.39, 0.29) is 5.91 Å². The third kappa shape index (κ3) is 3.58. The van der Waals surface area contributed by atoms with Gasteiger partial charge in [-0.25, -0.2) is 4.98 Å². The number of carbonyl (C=O) groups excluding carboxylic acids is 1. The van der Waals surface area contributed by atoms with Gasteiger partial charge in [0.1, 0.15) is 4.88 Å². The molecule has 0 radical (unpaired) electrons. The zero-order valence-corrected chi connectivity index (χ0v) is 13.4. The van der Waals surface area contributed by atoms with Crippen molar-refractivity contribution >= 4 is 33.7 Å². The van der Waals surface area contributed by atoms with Crippen LogP contribution >= 0.6 is 22.7 Å². The lowest BCUT2D eigenvalue weighted by Gasteiger charge is -2.21. The molecule has 0 saturated carbocycles. The Balaban J connectivity index is 2.17. The maximum Gasteiger partial charge on any atom is 0.266 e. The number of unbranched alkanes of at least 4 members (excludes halogenated alkanes) is 1. The molecule has 0 saturated heterocycles. The molecule has 0 fully saturated rings. The van der Waals surface area contributed by atoms with E-state index in [9.17, 15) is 4.79 Å². The predicted molar refractivity (Wildman–Crippen MR) is 85.2 cm³/mol. The molecule has 0 atom stereocenters. The molecule has 2 heterocycles. The van der Waals surface area contributed by atoms with Crippen LogP contribution in [0.3, 0.4) is 0 Å². The van der Waals surface area contributed by atoms with Crippen LogP contribution in [0.1, 0.15) is 40.7 Å². The molecular formula is C14H19N3OS2. The molecule has 4 nitrogen and oxygen atoms in total. The van der Waals surface area contributed by atoms with Crippen LogP contribution in [0.25, 0.3) is 0 Å². The number of thiophene rings is 1. The Morgan fingerprint density at radius 2 is 2.30 bits per heavy atom. The number of thiazole rings is 1. The molecule has 20 heavy (non-hydrogen) atoms. The predicted octanol–water partition coefficient (Wildman–Crippen LogP) is 3.54. The molecular weight excluding hydrogens is 290 g/mol. The van der Waals surface area contributed by atoms with Crippen molar-refractivity contribution in [1.29, 1.82) is 0 Å². The zero-order chi connectivity index (χ0) is 14.5. The number of carbonyl (C=O) groups is 1. The van der Waals surface area contributed by atoms with Gasteiger partial charge in [-0.05, 0) is 35.7 Å². The van der Waals surface area contributed by atoms with Crippen LogP contribution in [0.2, 0.25) is 0 Å². The zero-order valence-electron chi connectivity index (χ0n) is 11.8. The summed E-state index contributed by atoms with van der Waals surface area (Å²) in [6.45, 7) is 5.38. The van der Waals surface area contributed by atoms with Gasteiger partial charge in [0.25, 0.3) is 5.91 Å². The molecule has 0 bridgehead atoms. The SMILES string of the molecule is CCCCN(Cc1ccsc1)C(=O)c1sc(N)nc1C. The third-order valence-corrected chi connectivity index (χ3v) is 4.74. The number of rotatable bonds is 6. The first-order valence-corrected chi connectivity index (χ1v) is 8.41. The van der Waals surface area contributed by atoms with Crippen molar-refractivity contribution in [3.05, 3.63) is 33.0 Å². The number of anilines is 1. The average Bonchev–Trinajstić information content (AvgIpc) is 3.03. The summed E-state index contributed by atoms with van der Waals surface area (Å²) in [5, 5.41) is 4.57. The van der Waals surface area contributed by atoms with Gasteiger partial charge in [0.15, 0.2) is 5.13 Å². The van der Waals surface area contributed by atoms with E-state index in [1.165, 1.54) is 16.9 Å². The molecule has 0 unspecified atom stereocenters. The Hall–Kier alpha value is -1.40. The van der Waals surface area contributed by atoms with Crippen LogP contribution in [-0.4, -0.2) is 22.3 Å². The second-order valence-electron chi connectivity index (χ2n) is 4.68. The lowest BCUT2D eigenvalue weighted by Crippen LogP contribution is -2.31. The summed E-state index contributed by atoms with van der Waals surface area (Å²) in [5.41, 5.74) is 7.59. The summed E-state index contributed by atoms with van der Waals surface area (Å²) >= 11 is 2.93. The molecule has 108 valence electrons. The van der Waals surface area contributed by atoms with Crippen molar-refractivity contribution in [1.82, 2.24) is 9.88 Å². The van der Waals surface area contributed by atoms with Crippen molar-refractivity contribution in [3.8, 4) is 0 Å². The molecule has 0 aliphatic heterocycles. The van der Waals surface area contributed by atoms with Gasteiger partial charge in [-0.2, -0.15) is 11.3 Å². The minimum Gasteiger partial charge on any atom is -0.375 e. The van der Waals surface area contributed by atoms with Crippen molar-refractivity contribution < 1.29 is 4.79 Å². The molecule has 2 rings (SSSR count). The second kappa shape index (κ2) is 6.85. The van der Waals surface area contributed by atoms with Crippen LogP contribution in [0, 0.1) is 6.92 Å². The first-order chi connectivity index (χ1) is 9.61. The van der Waals surface area contributed by atoms with Crippen LogP contribution in [0.5, 0.6) is 0 Å².